The summed E-state index contributed by atoms with van der Waals surface area (Å²) in [4.78, 5) is 0. The van der Waals surface area contributed by atoms with Crippen molar-refractivity contribution in [3.8, 4) is 0 Å². The van der Waals surface area contributed by atoms with Gasteiger partial charge in [-0.15, -0.1) is 0 Å². The van der Waals surface area contributed by atoms with Crippen LogP contribution in [0.1, 0.15) is 39.5 Å². The lowest BCUT2D eigenvalue weighted by atomic mass is 9.82. The molecule has 1 saturated carbocycles. The van der Waals surface area contributed by atoms with Gasteiger partial charge in [0.15, 0.2) is 0 Å². The van der Waals surface area contributed by atoms with E-state index >= 15 is 0 Å². The monoisotopic (exact) mass is 168 g/mol. The quantitative estimate of drug-likeness (QED) is 0.587. The Morgan fingerprint density at radius 3 is 2.42 bits per heavy atom. The molecule has 0 spiro atoms. The SMILES string of the molecule is C=C(OCC)C1CCC(C)CC1. The Morgan fingerprint density at radius 2 is 1.92 bits per heavy atom. The van der Waals surface area contributed by atoms with Crippen LogP contribution in [0.25, 0.3) is 0 Å². The molecule has 0 saturated heterocycles. The Kier molecular flexibility index (Phi) is 3.64. The lowest BCUT2D eigenvalue weighted by molar-refractivity contribution is 0.164. The van der Waals surface area contributed by atoms with Gasteiger partial charge in [0.25, 0.3) is 0 Å². The van der Waals surface area contributed by atoms with Crippen molar-refractivity contribution in [2.45, 2.75) is 39.5 Å². The molecule has 0 amide bonds. The van der Waals surface area contributed by atoms with Crippen molar-refractivity contribution in [3.63, 3.8) is 0 Å². The zero-order valence-corrected chi connectivity index (χ0v) is 8.31. The van der Waals surface area contributed by atoms with Crippen LogP contribution in [0.5, 0.6) is 0 Å². The molecule has 0 aliphatic heterocycles. The molecule has 1 heteroatoms. The highest BCUT2D eigenvalue weighted by Crippen LogP contribution is 2.32. The maximum atomic E-state index is 5.42. The summed E-state index contributed by atoms with van der Waals surface area (Å²) >= 11 is 0. The van der Waals surface area contributed by atoms with E-state index in [2.05, 4.69) is 13.5 Å². The second-order valence-corrected chi connectivity index (χ2v) is 3.86. The van der Waals surface area contributed by atoms with Crippen molar-refractivity contribution in [1.29, 1.82) is 0 Å². The van der Waals surface area contributed by atoms with E-state index in [0.29, 0.717) is 5.92 Å². The van der Waals surface area contributed by atoms with Gasteiger partial charge in [0.1, 0.15) is 0 Å². The van der Waals surface area contributed by atoms with Crippen LogP contribution in [0.15, 0.2) is 12.3 Å². The Morgan fingerprint density at radius 1 is 1.33 bits per heavy atom. The third kappa shape index (κ3) is 2.54. The van der Waals surface area contributed by atoms with Crippen molar-refractivity contribution in [2.24, 2.45) is 11.8 Å². The fourth-order valence-corrected chi connectivity index (χ4v) is 1.89. The summed E-state index contributed by atoms with van der Waals surface area (Å²) in [6.07, 6.45) is 5.24. The predicted molar refractivity (Wildman–Crippen MR) is 51.9 cm³/mol. The van der Waals surface area contributed by atoms with Crippen LogP contribution < -0.4 is 0 Å². The van der Waals surface area contributed by atoms with Crippen LogP contribution >= 0.6 is 0 Å². The Balaban J connectivity index is 2.29. The molecule has 0 aromatic carbocycles. The van der Waals surface area contributed by atoms with Gasteiger partial charge in [-0.25, -0.2) is 0 Å². The van der Waals surface area contributed by atoms with Crippen LogP contribution in [-0.4, -0.2) is 6.61 Å². The molecule has 0 aromatic heterocycles. The Bertz CT molecular complexity index is 143. The highest BCUT2D eigenvalue weighted by molar-refractivity contribution is 4.93. The van der Waals surface area contributed by atoms with E-state index < -0.39 is 0 Å². The summed E-state index contributed by atoms with van der Waals surface area (Å²) in [5, 5.41) is 0. The molecule has 0 unspecified atom stereocenters. The molecule has 1 aliphatic carbocycles. The predicted octanol–water partition coefficient (Wildman–Crippen LogP) is 3.36. The third-order valence-electron chi connectivity index (χ3n) is 2.80. The van der Waals surface area contributed by atoms with E-state index in [0.717, 1.165) is 18.3 Å². The zero-order chi connectivity index (χ0) is 8.97. The molecule has 1 aliphatic rings. The smallest absolute Gasteiger partial charge is 0.0918 e. The lowest BCUT2D eigenvalue weighted by Crippen LogP contribution is -2.15. The van der Waals surface area contributed by atoms with Crippen LogP contribution in [0.4, 0.5) is 0 Å². The van der Waals surface area contributed by atoms with Gasteiger partial charge in [0.05, 0.1) is 12.4 Å². The average Bonchev–Trinajstić information content (AvgIpc) is 2.06. The minimum Gasteiger partial charge on any atom is -0.499 e. The first-order valence-electron chi connectivity index (χ1n) is 5.05. The fourth-order valence-electron chi connectivity index (χ4n) is 1.89. The fraction of sp³-hybridized carbons (Fsp3) is 0.818. The van der Waals surface area contributed by atoms with Crippen LogP contribution in [0.2, 0.25) is 0 Å². The van der Waals surface area contributed by atoms with Crippen LogP contribution in [0.3, 0.4) is 0 Å². The Labute approximate surface area is 75.8 Å². The van der Waals surface area contributed by atoms with Gasteiger partial charge < -0.3 is 4.74 Å². The van der Waals surface area contributed by atoms with E-state index in [9.17, 15) is 0 Å². The molecule has 12 heavy (non-hydrogen) atoms. The summed E-state index contributed by atoms with van der Waals surface area (Å²) in [5.74, 6) is 2.57. The van der Waals surface area contributed by atoms with Gasteiger partial charge in [-0.05, 0) is 25.7 Å². The molecule has 70 valence electrons. The maximum absolute atomic E-state index is 5.42. The number of hydrogen-bond donors (Lipinski definition) is 0. The van der Waals surface area contributed by atoms with Crippen molar-refractivity contribution in [1.82, 2.24) is 0 Å². The van der Waals surface area contributed by atoms with Gasteiger partial charge in [0.2, 0.25) is 0 Å². The normalized spacial score (nSPS) is 29.8. The van der Waals surface area contributed by atoms with Gasteiger partial charge in [-0.1, -0.05) is 26.3 Å². The van der Waals surface area contributed by atoms with E-state index in [1.807, 2.05) is 6.92 Å². The van der Waals surface area contributed by atoms with Gasteiger partial charge >= 0.3 is 0 Å². The molecule has 0 aromatic rings. The molecular weight excluding hydrogens is 148 g/mol. The van der Waals surface area contributed by atoms with E-state index in [4.69, 9.17) is 4.74 Å². The molecule has 1 fully saturated rings. The van der Waals surface area contributed by atoms with Gasteiger partial charge in [-0.2, -0.15) is 0 Å². The summed E-state index contributed by atoms with van der Waals surface area (Å²) < 4.78 is 5.42. The maximum Gasteiger partial charge on any atom is 0.0918 e. The lowest BCUT2D eigenvalue weighted by Gasteiger charge is -2.27. The Hall–Kier alpha value is -0.460. The summed E-state index contributed by atoms with van der Waals surface area (Å²) in [7, 11) is 0. The summed E-state index contributed by atoms with van der Waals surface area (Å²) in [6.45, 7) is 9.10. The largest absolute Gasteiger partial charge is 0.499 e. The van der Waals surface area contributed by atoms with Crippen molar-refractivity contribution < 1.29 is 4.74 Å². The van der Waals surface area contributed by atoms with E-state index in [1.54, 1.807) is 0 Å². The first-order valence-corrected chi connectivity index (χ1v) is 5.05. The molecule has 0 atom stereocenters. The van der Waals surface area contributed by atoms with Gasteiger partial charge in [-0.3, -0.25) is 0 Å². The van der Waals surface area contributed by atoms with Crippen molar-refractivity contribution in [3.05, 3.63) is 12.3 Å². The van der Waals surface area contributed by atoms with Crippen molar-refractivity contribution >= 4 is 0 Å². The first-order chi connectivity index (χ1) is 5.74. The van der Waals surface area contributed by atoms with Crippen LogP contribution in [0, 0.1) is 11.8 Å². The van der Waals surface area contributed by atoms with E-state index in [1.165, 1.54) is 25.7 Å². The second-order valence-electron chi connectivity index (χ2n) is 3.86. The molecule has 1 rings (SSSR count). The highest BCUT2D eigenvalue weighted by Gasteiger charge is 2.20. The number of allylic oxidation sites excluding steroid dienone is 1. The minimum absolute atomic E-state index is 0.640. The zero-order valence-electron chi connectivity index (χ0n) is 8.31. The number of ether oxygens (including phenoxy) is 1. The topological polar surface area (TPSA) is 9.23 Å². The van der Waals surface area contributed by atoms with E-state index in [-0.39, 0.29) is 0 Å². The number of hydrogen-bond acceptors (Lipinski definition) is 1. The molecular formula is C11H20O. The average molecular weight is 168 g/mol. The second kappa shape index (κ2) is 4.54. The first kappa shape index (κ1) is 9.63. The third-order valence-corrected chi connectivity index (χ3v) is 2.80. The molecule has 1 nitrogen and oxygen atoms in total. The standard InChI is InChI=1S/C11H20O/c1-4-12-10(3)11-7-5-9(2)6-8-11/h9,11H,3-8H2,1-2H3. The molecule has 0 N–H and O–H groups in total. The summed E-state index contributed by atoms with van der Waals surface area (Å²) in [5.41, 5.74) is 0. The summed E-state index contributed by atoms with van der Waals surface area (Å²) in [6, 6.07) is 0. The molecule has 0 radical (unpaired) electrons. The minimum atomic E-state index is 0.640. The molecule has 0 heterocycles. The van der Waals surface area contributed by atoms with Crippen molar-refractivity contribution in [2.75, 3.05) is 6.61 Å². The highest BCUT2D eigenvalue weighted by atomic mass is 16.5. The molecule has 0 bridgehead atoms. The van der Waals surface area contributed by atoms with Crippen LogP contribution in [-0.2, 0) is 4.74 Å². The van der Waals surface area contributed by atoms with Gasteiger partial charge in [0, 0.05) is 5.92 Å². The number of rotatable bonds is 3.